The number of aromatic amines is 5. The van der Waals surface area contributed by atoms with Gasteiger partial charge in [0.05, 0.1) is 0 Å². The van der Waals surface area contributed by atoms with E-state index in [0.29, 0.717) is 0 Å². The number of rotatable bonds is 0. The number of fused-ring (bicyclic) bond motifs is 10. The Hall–Kier alpha value is -11.5. The largest absolute Gasteiger partial charge is 2.00 e. The zero-order valence-corrected chi connectivity index (χ0v) is 72.0. The quantitative estimate of drug-likeness (QED) is 0.210. The van der Waals surface area contributed by atoms with E-state index in [2.05, 4.69) is 164 Å². The number of H-pyrrole nitrogens is 5. The Balaban J connectivity index is 0.000000808. The number of benzene rings is 2. The molecule has 0 radical (unpaired) electrons. The number of aromatic nitrogens is 14. The van der Waals surface area contributed by atoms with Crippen molar-refractivity contribution in [3.63, 3.8) is 0 Å². The van der Waals surface area contributed by atoms with Gasteiger partial charge in [0, 0.05) is 178 Å². The van der Waals surface area contributed by atoms with Crippen molar-refractivity contribution in [2.24, 2.45) is 9.98 Å². The Bertz CT molecular complexity index is 3970. The van der Waals surface area contributed by atoms with Crippen LogP contribution in [0, 0.1) is 58.8 Å². The predicted octanol–water partition coefficient (Wildman–Crippen LogP) is 3.56. The monoisotopic (exact) mass is 1740 g/mol. The van der Waals surface area contributed by atoms with E-state index in [1.807, 2.05) is 293 Å². The van der Waals surface area contributed by atoms with E-state index in [0.717, 1.165) is 68.3 Å². The normalized spacial score (nSPS) is 10.7. The van der Waals surface area contributed by atoms with E-state index in [9.17, 15) is 0 Å². The van der Waals surface area contributed by atoms with Crippen LogP contribution in [0.5, 0.6) is 0 Å². The molecule has 1 aliphatic heterocycles. The third kappa shape index (κ3) is 41.0. The first-order valence-electron chi connectivity index (χ1n) is 35.7. The van der Waals surface area contributed by atoms with Gasteiger partial charge in [-0.1, -0.05) is 148 Å². The molecule has 0 saturated carbocycles. The molecule has 17 rings (SSSR count). The molecule has 0 fully saturated rings. The summed E-state index contributed by atoms with van der Waals surface area (Å²) in [6, 6.07) is 82.6. The zero-order valence-electron chi connectivity index (χ0n) is 67.8. The second kappa shape index (κ2) is 61.9. The van der Waals surface area contributed by atoms with Crippen LogP contribution in [0.2, 0.25) is 0 Å². The van der Waals surface area contributed by atoms with E-state index < -0.39 is 10.8 Å². The Kier molecular flexibility index (Phi) is 54.7. The van der Waals surface area contributed by atoms with Crippen LogP contribution in [-0.2, 0) is 21.8 Å². The van der Waals surface area contributed by atoms with Gasteiger partial charge in [0.15, 0.2) is 74.4 Å². The maximum absolute atomic E-state index is 4.98. The van der Waals surface area contributed by atoms with Crippen molar-refractivity contribution >= 4 is 47.6 Å². The number of aliphatic imine (C=N–C) groups is 2. The van der Waals surface area contributed by atoms with Crippen LogP contribution < -0.4 is 111 Å². The molecule has 20 nitrogen and oxygen atoms in total. The molecule has 572 valence electrons. The maximum Gasteiger partial charge on any atom is 1.00 e. The van der Waals surface area contributed by atoms with E-state index in [1.165, 1.54) is 22.3 Å². The molecule has 0 saturated heterocycles. The molecule has 24 heteroatoms. The van der Waals surface area contributed by atoms with Crippen molar-refractivity contribution in [3.05, 3.63) is 447 Å². The van der Waals surface area contributed by atoms with Crippen LogP contribution in [0.15, 0.2) is 389 Å². The second-order valence-electron chi connectivity index (χ2n) is 24.8. The smallest absolute Gasteiger partial charge is 1.00 e. The van der Waals surface area contributed by atoms with Gasteiger partial charge < -0.3 is 30.9 Å². The van der Waals surface area contributed by atoms with Gasteiger partial charge in [-0.3, -0.25) is 34.9 Å². The molecule has 0 amide bonds. The summed E-state index contributed by atoms with van der Waals surface area (Å²) >= 11 is 0. The Morgan fingerprint density at radius 1 is 0.259 bits per heavy atom. The summed E-state index contributed by atoms with van der Waals surface area (Å²) in [5.74, 6) is 0. The number of nitrogens with one attached hydrogen (secondary N) is 7. The Labute approximate surface area is 742 Å². The number of aryl methyl sites for hydroxylation is 4. The number of pyridine rings is 10. The molecule has 15 heterocycles. The summed E-state index contributed by atoms with van der Waals surface area (Å²) in [7, 11) is 0. The van der Waals surface area contributed by atoms with Crippen LogP contribution in [0.4, 0.5) is 22.7 Å². The van der Waals surface area contributed by atoms with Gasteiger partial charge in [0.1, 0.15) is 11.4 Å². The van der Waals surface area contributed by atoms with Crippen molar-refractivity contribution in [2.75, 3.05) is 0 Å². The second-order valence-corrected chi connectivity index (χ2v) is 24.8. The van der Waals surface area contributed by atoms with Crippen LogP contribution >= 0.6 is 0 Å². The molecular formula is C92H97Li3N18O2U+2. The zero-order chi connectivity index (χ0) is 77.6. The molecule has 14 aromatic heterocycles. The van der Waals surface area contributed by atoms with Gasteiger partial charge >= 0.3 is 56.6 Å². The minimum absolute atomic E-state index is 0. The predicted molar refractivity (Wildman–Crippen MR) is 439 cm³/mol. The molecule has 2 aromatic carbocycles. The van der Waals surface area contributed by atoms with Crippen molar-refractivity contribution < 1.29 is 134 Å². The molecule has 0 spiro atoms. The van der Waals surface area contributed by atoms with Crippen LogP contribution in [0.3, 0.4) is 0 Å². The van der Waals surface area contributed by atoms with Gasteiger partial charge in [-0.2, -0.15) is 22.8 Å². The molecule has 0 atom stereocenters. The minimum Gasteiger partial charge on any atom is -2.00 e. The fourth-order valence-electron chi connectivity index (χ4n) is 9.37. The van der Waals surface area contributed by atoms with Crippen molar-refractivity contribution in [3.8, 4) is 0 Å². The minimum atomic E-state index is -0.418. The van der Waals surface area contributed by atoms with Crippen molar-refractivity contribution in [1.29, 1.82) is 0 Å². The molecule has 1 aliphatic rings. The van der Waals surface area contributed by atoms with Gasteiger partial charge in [0.25, 0.3) is 0 Å². The summed E-state index contributed by atoms with van der Waals surface area (Å²) in [5, 5.41) is 0. The topological polar surface area (TPSA) is 301 Å². The molecule has 7 N–H and O–H groups in total. The summed E-state index contributed by atoms with van der Waals surface area (Å²) < 4.78 is 0. The first-order valence-corrected chi connectivity index (χ1v) is 35.7. The first kappa shape index (κ1) is 103. The summed E-state index contributed by atoms with van der Waals surface area (Å²) in [4.78, 5) is 70.0. The Morgan fingerprint density at radius 3 is 0.638 bits per heavy atom. The fraction of sp³-hybridized carbons (Fsp3) is 0.109. The van der Waals surface area contributed by atoms with E-state index in [-0.39, 0.29) is 98.6 Å². The number of nitrogens with zero attached hydrogens (tertiary/aromatic N) is 11. The molecule has 0 unspecified atom stereocenters. The fourth-order valence-corrected chi connectivity index (χ4v) is 9.37. The SMILES string of the molecule is Cc1cc2c(cc1C)[NH+]=Cc1ccc([n-]1)C(C)(C)c1ccc([n-]1)C=[NH+]c1cc(C)c(C)cc1N=Cc1ccc([n-]1)C(C)(C)c1ccc([n-]1)C=N2.[Li+].[Li+].[Li+].[O-2].[O-2].[U].c1cc[nH+]cc1.c1cc[nH+]cc1.c1cc[nH+]cc1.c1cc[nH+]cc1.c1cc[nH+]cc1.c1ccncc1.c1ccncc1.c1ccncc1.c1ccncc1.c1ccncc1. The molecule has 116 heavy (non-hydrogen) atoms. The van der Waals surface area contributed by atoms with Gasteiger partial charge in [-0.05, 0) is 134 Å². The first-order chi connectivity index (χ1) is 53.9. The summed E-state index contributed by atoms with van der Waals surface area (Å²) in [5.41, 5.74) is 14.3. The standard InChI is InChI=1S/C42H40N8.10C5H5N.3Li.2O.U/c1-25-17-33-34(18-26(25)2)44-22-30-10-14-38(48-30)42(7,8)40-16-12-32(50-40)24-46-36-20-28(4)27(3)19-35(36)45-23-31-11-15-39(49-31)41(5,6)37-13-9-29(47-37)21-43-33;10*1-2-4-6-5-3-1;;;;;;/h9-24H,1-8H3;10*1-5H;;;;;;/q-4;;;;;;;;;;;3*+1;2*-2;/p+7. The molecule has 0 aliphatic carbocycles. The third-order valence-electron chi connectivity index (χ3n) is 15.7. The summed E-state index contributed by atoms with van der Waals surface area (Å²) in [6.45, 7) is 17.0. The number of hydrogen-bond donors (Lipinski definition) is 2. The van der Waals surface area contributed by atoms with Crippen LogP contribution in [0.25, 0.3) is 0 Å². The average Bonchev–Trinajstić information content (AvgIpc) is 1.66. The maximum atomic E-state index is 4.98. The Morgan fingerprint density at radius 2 is 0.457 bits per heavy atom. The van der Waals surface area contributed by atoms with Crippen molar-refractivity contribution in [1.82, 2.24) is 44.9 Å². The van der Waals surface area contributed by atoms with Gasteiger partial charge in [0.2, 0.25) is 11.4 Å². The van der Waals surface area contributed by atoms with Gasteiger partial charge in [-0.15, -0.1) is 11.4 Å². The number of hydrogen-bond acceptors (Lipinski definition) is 7. The van der Waals surface area contributed by atoms with Crippen LogP contribution in [0.1, 0.15) is 95.5 Å². The van der Waals surface area contributed by atoms with E-state index in [1.54, 1.807) is 62.0 Å². The molecule has 16 aromatic rings. The van der Waals surface area contributed by atoms with E-state index in [4.69, 9.17) is 29.9 Å². The van der Waals surface area contributed by atoms with Crippen LogP contribution in [-0.4, -0.2) is 49.8 Å². The van der Waals surface area contributed by atoms with Gasteiger partial charge in [-0.25, -0.2) is 34.9 Å². The third-order valence-corrected chi connectivity index (χ3v) is 15.7. The summed E-state index contributed by atoms with van der Waals surface area (Å²) in [6.07, 6.45) is 43.8. The van der Waals surface area contributed by atoms with E-state index >= 15 is 0 Å². The molecular weight excluding hydrogens is 1650 g/mol. The average molecular weight is 1750 g/mol. The van der Waals surface area contributed by atoms with Crippen molar-refractivity contribution in [2.45, 2.75) is 66.2 Å². The molecule has 8 bridgehead atoms.